The van der Waals surface area contributed by atoms with Crippen molar-refractivity contribution in [1.82, 2.24) is 14.7 Å². The summed E-state index contributed by atoms with van der Waals surface area (Å²) in [6.07, 6.45) is 10.7. The standard InChI is InChI=1S/C25H36N4O/c1-25(2)15-6-9-22(19-25)28-17-13-21(14-18-28)29-23(12-16-26-29)27-24(30)11-10-20-7-4-3-5-8-20/h3-5,7-8,12,16,21-22H,6,9-11,13-15,17-19H2,1-2H3,(H,27,30). The molecule has 1 amide bonds. The molecule has 1 aromatic heterocycles. The molecule has 0 bridgehead atoms. The molecule has 4 rings (SSSR count). The van der Waals surface area contributed by atoms with Crippen molar-refractivity contribution in [3.63, 3.8) is 0 Å². The number of benzene rings is 1. The zero-order chi connectivity index (χ0) is 21.0. The van der Waals surface area contributed by atoms with Gasteiger partial charge in [-0.1, -0.05) is 50.6 Å². The van der Waals surface area contributed by atoms with E-state index in [1.807, 2.05) is 35.1 Å². The molecule has 0 spiro atoms. The molecule has 5 nitrogen and oxygen atoms in total. The van der Waals surface area contributed by atoms with E-state index in [1.165, 1.54) is 31.2 Å². The fraction of sp³-hybridized carbons (Fsp3) is 0.600. The Bertz CT molecular complexity index is 821. The van der Waals surface area contributed by atoms with Crippen molar-refractivity contribution in [2.24, 2.45) is 5.41 Å². The average Bonchev–Trinajstić information content (AvgIpc) is 3.20. The third-order valence-corrected chi connectivity index (χ3v) is 6.96. The molecule has 2 fully saturated rings. The monoisotopic (exact) mass is 408 g/mol. The lowest BCUT2D eigenvalue weighted by Crippen LogP contribution is -2.45. The molecule has 162 valence electrons. The van der Waals surface area contributed by atoms with Crippen LogP contribution in [0.5, 0.6) is 0 Å². The highest BCUT2D eigenvalue weighted by Gasteiger charge is 2.33. The Morgan fingerprint density at radius 1 is 1.10 bits per heavy atom. The Balaban J connectivity index is 1.29. The van der Waals surface area contributed by atoms with Gasteiger partial charge in [-0.15, -0.1) is 0 Å². The number of aromatic nitrogens is 2. The lowest BCUT2D eigenvalue weighted by Gasteiger charge is -2.44. The first-order chi connectivity index (χ1) is 14.5. The molecule has 1 N–H and O–H groups in total. The van der Waals surface area contributed by atoms with E-state index in [4.69, 9.17) is 0 Å². The summed E-state index contributed by atoms with van der Waals surface area (Å²) >= 11 is 0. The maximum absolute atomic E-state index is 12.5. The van der Waals surface area contributed by atoms with Crippen molar-refractivity contribution in [2.75, 3.05) is 18.4 Å². The van der Waals surface area contributed by atoms with E-state index in [-0.39, 0.29) is 5.91 Å². The minimum atomic E-state index is 0.0578. The van der Waals surface area contributed by atoms with E-state index in [9.17, 15) is 4.79 Å². The molecule has 1 aliphatic heterocycles. The molecule has 1 saturated heterocycles. The van der Waals surface area contributed by atoms with Gasteiger partial charge in [0.1, 0.15) is 5.82 Å². The molecule has 2 heterocycles. The van der Waals surface area contributed by atoms with Crippen molar-refractivity contribution in [1.29, 1.82) is 0 Å². The number of carbonyl (C=O) groups excluding carboxylic acids is 1. The van der Waals surface area contributed by atoms with Gasteiger partial charge in [0.15, 0.2) is 0 Å². The normalized spacial score (nSPS) is 22.7. The smallest absolute Gasteiger partial charge is 0.225 e. The van der Waals surface area contributed by atoms with Crippen LogP contribution in [0.4, 0.5) is 5.82 Å². The molecule has 5 heteroatoms. The van der Waals surface area contributed by atoms with Gasteiger partial charge in [-0.05, 0) is 49.5 Å². The molecule has 2 aromatic rings. The lowest BCUT2D eigenvalue weighted by molar-refractivity contribution is -0.116. The molecule has 1 aliphatic carbocycles. The van der Waals surface area contributed by atoms with Gasteiger partial charge in [0, 0.05) is 31.6 Å². The summed E-state index contributed by atoms with van der Waals surface area (Å²) in [5.74, 6) is 0.896. The number of hydrogen-bond donors (Lipinski definition) is 1. The van der Waals surface area contributed by atoms with Crippen LogP contribution in [0.25, 0.3) is 0 Å². The SMILES string of the molecule is CC1(C)CCCC(N2CCC(n3nccc3NC(=O)CCc3ccccc3)CC2)C1. The second-order valence-corrected chi connectivity index (χ2v) is 9.88. The van der Waals surface area contributed by atoms with E-state index in [1.54, 1.807) is 0 Å². The fourth-order valence-electron chi connectivity index (χ4n) is 5.28. The Hall–Kier alpha value is -2.14. The summed E-state index contributed by atoms with van der Waals surface area (Å²) in [5.41, 5.74) is 1.68. The van der Waals surface area contributed by atoms with Crippen LogP contribution in [0.1, 0.15) is 70.4 Å². The zero-order valence-electron chi connectivity index (χ0n) is 18.5. The largest absolute Gasteiger partial charge is 0.311 e. The van der Waals surface area contributed by atoms with Crippen molar-refractivity contribution in [2.45, 2.75) is 77.3 Å². The van der Waals surface area contributed by atoms with Gasteiger partial charge in [-0.2, -0.15) is 5.10 Å². The van der Waals surface area contributed by atoms with Crippen molar-refractivity contribution in [3.8, 4) is 0 Å². The third-order valence-electron chi connectivity index (χ3n) is 6.96. The number of anilines is 1. The first kappa shape index (κ1) is 21.1. The molecule has 1 unspecified atom stereocenters. The topological polar surface area (TPSA) is 50.2 Å². The van der Waals surface area contributed by atoms with Crippen molar-refractivity contribution < 1.29 is 4.79 Å². The van der Waals surface area contributed by atoms with Crippen LogP contribution in [0.2, 0.25) is 0 Å². The van der Waals surface area contributed by atoms with Crippen LogP contribution >= 0.6 is 0 Å². The number of hydrogen-bond acceptors (Lipinski definition) is 3. The molecular weight excluding hydrogens is 372 g/mol. The minimum Gasteiger partial charge on any atom is -0.311 e. The fourth-order valence-corrected chi connectivity index (χ4v) is 5.28. The van der Waals surface area contributed by atoms with Gasteiger partial charge < -0.3 is 10.2 Å². The number of piperidine rings is 1. The van der Waals surface area contributed by atoms with E-state index in [0.29, 0.717) is 17.9 Å². The van der Waals surface area contributed by atoms with Crippen LogP contribution in [0.3, 0.4) is 0 Å². The predicted octanol–water partition coefficient (Wildman–Crippen LogP) is 5.06. The highest BCUT2D eigenvalue weighted by Crippen LogP contribution is 2.38. The van der Waals surface area contributed by atoms with Crippen LogP contribution in [-0.4, -0.2) is 39.7 Å². The summed E-state index contributed by atoms with van der Waals surface area (Å²) in [6.45, 7) is 7.10. The van der Waals surface area contributed by atoms with Crippen LogP contribution < -0.4 is 5.32 Å². The number of aryl methyl sites for hydroxylation is 1. The molecule has 1 atom stereocenters. The highest BCUT2D eigenvalue weighted by atomic mass is 16.1. The number of rotatable bonds is 6. The summed E-state index contributed by atoms with van der Waals surface area (Å²) in [7, 11) is 0. The number of likely N-dealkylation sites (tertiary alicyclic amines) is 1. The lowest BCUT2D eigenvalue weighted by atomic mass is 9.74. The Labute approximate surface area is 180 Å². The van der Waals surface area contributed by atoms with Crippen molar-refractivity contribution in [3.05, 3.63) is 48.2 Å². The predicted molar refractivity (Wildman–Crippen MR) is 122 cm³/mol. The van der Waals surface area contributed by atoms with E-state index < -0.39 is 0 Å². The zero-order valence-corrected chi connectivity index (χ0v) is 18.5. The van der Waals surface area contributed by atoms with Crippen LogP contribution in [0.15, 0.2) is 42.6 Å². The average molecular weight is 409 g/mol. The Morgan fingerprint density at radius 3 is 2.60 bits per heavy atom. The van der Waals surface area contributed by atoms with Gasteiger partial charge in [0.2, 0.25) is 5.91 Å². The molecule has 1 aromatic carbocycles. The molecule has 2 aliphatic rings. The van der Waals surface area contributed by atoms with E-state index in [2.05, 4.69) is 41.3 Å². The van der Waals surface area contributed by atoms with Gasteiger partial charge in [-0.25, -0.2) is 4.68 Å². The Morgan fingerprint density at radius 2 is 1.87 bits per heavy atom. The van der Waals surface area contributed by atoms with E-state index >= 15 is 0 Å². The minimum absolute atomic E-state index is 0.0578. The van der Waals surface area contributed by atoms with Crippen molar-refractivity contribution >= 4 is 11.7 Å². The third kappa shape index (κ3) is 5.31. The Kier molecular flexibility index (Phi) is 6.57. The second-order valence-electron chi connectivity index (χ2n) is 9.88. The molecule has 0 radical (unpaired) electrons. The van der Waals surface area contributed by atoms with Gasteiger partial charge in [0.05, 0.1) is 12.2 Å². The second kappa shape index (κ2) is 9.34. The molecule has 1 saturated carbocycles. The molecule has 30 heavy (non-hydrogen) atoms. The maximum Gasteiger partial charge on any atom is 0.225 e. The van der Waals surface area contributed by atoms with Gasteiger partial charge in [0.25, 0.3) is 0 Å². The summed E-state index contributed by atoms with van der Waals surface area (Å²) in [5, 5.41) is 7.65. The summed E-state index contributed by atoms with van der Waals surface area (Å²) in [6, 6.07) is 13.2. The quantitative estimate of drug-likeness (QED) is 0.727. The van der Waals surface area contributed by atoms with Crippen LogP contribution in [0, 0.1) is 5.41 Å². The first-order valence-electron chi connectivity index (χ1n) is 11.6. The maximum atomic E-state index is 12.5. The number of amides is 1. The number of carbonyl (C=O) groups is 1. The number of nitrogens with one attached hydrogen (secondary N) is 1. The number of nitrogens with zero attached hydrogens (tertiary/aromatic N) is 3. The highest BCUT2D eigenvalue weighted by molar-refractivity contribution is 5.89. The van der Waals surface area contributed by atoms with Crippen LogP contribution in [-0.2, 0) is 11.2 Å². The molecular formula is C25H36N4O. The first-order valence-corrected chi connectivity index (χ1v) is 11.6. The summed E-state index contributed by atoms with van der Waals surface area (Å²) < 4.78 is 2.04. The van der Waals surface area contributed by atoms with E-state index in [0.717, 1.165) is 44.2 Å². The van der Waals surface area contributed by atoms with Gasteiger partial charge in [-0.3, -0.25) is 4.79 Å². The summed E-state index contributed by atoms with van der Waals surface area (Å²) in [4.78, 5) is 15.2. The van der Waals surface area contributed by atoms with Gasteiger partial charge >= 0.3 is 0 Å².